The van der Waals surface area contributed by atoms with Crippen LogP contribution >= 0.6 is 0 Å². The van der Waals surface area contributed by atoms with Crippen LogP contribution in [-0.2, 0) is 14.3 Å². The Kier molecular flexibility index (Phi) is 6.50. The first-order valence-corrected chi connectivity index (χ1v) is 10.2. The zero-order chi connectivity index (χ0) is 22.1. The average molecular weight is 423 g/mol. The summed E-state index contributed by atoms with van der Waals surface area (Å²) in [5, 5.41) is 9.31. The SMILES string of the molecule is COC(=O)[C@@H]1CN(C(=O)OC(C)(C)C)C[C@H]1c1ccc(N2CC[C@@H](CO)C2)nc1F. The molecule has 2 aliphatic rings. The molecule has 1 aromatic heterocycles. The monoisotopic (exact) mass is 423 g/mol. The highest BCUT2D eigenvalue weighted by molar-refractivity contribution is 5.77. The van der Waals surface area contributed by atoms with E-state index in [0.29, 0.717) is 18.9 Å². The minimum Gasteiger partial charge on any atom is -0.469 e. The highest BCUT2D eigenvalue weighted by Gasteiger charge is 2.43. The molecule has 0 unspecified atom stereocenters. The van der Waals surface area contributed by atoms with Crippen LogP contribution < -0.4 is 4.90 Å². The Morgan fingerprint density at radius 2 is 2.00 bits per heavy atom. The van der Waals surface area contributed by atoms with Crippen molar-refractivity contribution in [2.24, 2.45) is 11.8 Å². The number of rotatable bonds is 4. The number of nitrogens with zero attached hydrogens (tertiary/aromatic N) is 3. The lowest BCUT2D eigenvalue weighted by atomic mass is 9.89. The number of carbonyl (C=O) groups excluding carboxylic acids is 2. The number of hydrogen-bond donors (Lipinski definition) is 1. The number of anilines is 1. The van der Waals surface area contributed by atoms with Crippen LogP contribution in [0.2, 0.25) is 0 Å². The number of methoxy groups -OCH3 is 1. The van der Waals surface area contributed by atoms with Crippen molar-refractivity contribution >= 4 is 17.9 Å². The number of pyridine rings is 1. The third-order valence-electron chi connectivity index (χ3n) is 5.61. The molecular weight excluding hydrogens is 393 g/mol. The molecular formula is C21H30FN3O5. The van der Waals surface area contributed by atoms with Crippen molar-refractivity contribution in [3.63, 3.8) is 0 Å². The number of amides is 1. The Bertz CT molecular complexity index is 797. The molecule has 1 aromatic rings. The van der Waals surface area contributed by atoms with E-state index < -0.39 is 35.4 Å². The molecule has 8 nitrogen and oxygen atoms in total. The van der Waals surface area contributed by atoms with Gasteiger partial charge in [0.2, 0.25) is 5.95 Å². The minimum absolute atomic E-state index is 0.0950. The summed E-state index contributed by atoms with van der Waals surface area (Å²) in [4.78, 5) is 32.3. The minimum atomic E-state index is -0.699. The van der Waals surface area contributed by atoms with Crippen LogP contribution in [0.5, 0.6) is 0 Å². The molecule has 30 heavy (non-hydrogen) atoms. The maximum absolute atomic E-state index is 15.0. The first-order chi connectivity index (χ1) is 14.1. The highest BCUT2D eigenvalue weighted by atomic mass is 19.1. The van der Waals surface area contributed by atoms with Crippen LogP contribution in [0.25, 0.3) is 0 Å². The molecule has 1 N–H and O–H groups in total. The molecule has 2 aliphatic heterocycles. The Hall–Kier alpha value is -2.42. The number of halogens is 1. The summed E-state index contributed by atoms with van der Waals surface area (Å²) in [6.07, 6.45) is 0.287. The van der Waals surface area contributed by atoms with E-state index in [2.05, 4.69) is 4.98 Å². The van der Waals surface area contributed by atoms with Crippen LogP contribution in [0.15, 0.2) is 12.1 Å². The van der Waals surface area contributed by atoms with Gasteiger partial charge >= 0.3 is 12.1 Å². The van der Waals surface area contributed by atoms with E-state index in [4.69, 9.17) is 9.47 Å². The Morgan fingerprint density at radius 1 is 1.27 bits per heavy atom. The number of hydrogen-bond acceptors (Lipinski definition) is 7. The second-order valence-electron chi connectivity index (χ2n) is 8.95. The zero-order valence-corrected chi connectivity index (χ0v) is 17.9. The summed E-state index contributed by atoms with van der Waals surface area (Å²) < 4.78 is 25.3. The fourth-order valence-corrected chi connectivity index (χ4v) is 4.06. The lowest BCUT2D eigenvalue weighted by Gasteiger charge is -2.24. The van der Waals surface area contributed by atoms with E-state index in [1.807, 2.05) is 4.90 Å². The molecule has 3 rings (SSSR count). The number of aliphatic hydroxyl groups excluding tert-OH is 1. The summed E-state index contributed by atoms with van der Waals surface area (Å²) in [6.45, 7) is 6.95. The molecule has 9 heteroatoms. The molecule has 2 saturated heterocycles. The fraction of sp³-hybridized carbons (Fsp3) is 0.667. The van der Waals surface area contributed by atoms with Gasteiger partial charge in [-0.15, -0.1) is 0 Å². The second-order valence-corrected chi connectivity index (χ2v) is 8.95. The van der Waals surface area contributed by atoms with Crippen LogP contribution in [-0.4, -0.2) is 72.5 Å². The topological polar surface area (TPSA) is 92.2 Å². The van der Waals surface area contributed by atoms with Crippen molar-refractivity contribution in [1.29, 1.82) is 0 Å². The van der Waals surface area contributed by atoms with Crippen LogP contribution in [0.3, 0.4) is 0 Å². The van der Waals surface area contributed by atoms with E-state index in [-0.39, 0.29) is 31.2 Å². The van der Waals surface area contributed by atoms with Gasteiger partial charge in [0.15, 0.2) is 0 Å². The standard InChI is InChI=1S/C21H30FN3O5/c1-21(2,3)30-20(28)25-10-15(16(11-25)19(27)29-4)14-5-6-17(23-18(14)22)24-8-7-13(9-24)12-26/h5-6,13,15-16,26H,7-12H2,1-4H3/t13-,15+,16-/m1/s1. The average Bonchev–Trinajstić information content (AvgIpc) is 3.33. The lowest BCUT2D eigenvalue weighted by Crippen LogP contribution is -2.36. The molecule has 3 atom stereocenters. The van der Waals surface area contributed by atoms with E-state index >= 15 is 4.39 Å². The molecule has 166 valence electrons. The molecule has 0 aliphatic carbocycles. The van der Waals surface area contributed by atoms with Crippen molar-refractivity contribution in [3.8, 4) is 0 Å². The summed E-state index contributed by atoms with van der Waals surface area (Å²) >= 11 is 0. The number of ether oxygens (including phenoxy) is 2. The summed E-state index contributed by atoms with van der Waals surface area (Å²) in [7, 11) is 1.28. The van der Waals surface area contributed by atoms with E-state index in [0.717, 1.165) is 6.42 Å². The largest absolute Gasteiger partial charge is 0.469 e. The van der Waals surface area contributed by atoms with Gasteiger partial charge in [-0.3, -0.25) is 4.79 Å². The van der Waals surface area contributed by atoms with Crippen LogP contribution in [0.4, 0.5) is 15.0 Å². The predicted molar refractivity (Wildman–Crippen MR) is 108 cm³/mol. The van der Waals surface area contributed by atoms with Crippen LogP contribution in [0.1, 0.15) is 38.7 Å². The second kappa shape index (κ2) is 8.75. The summed E-state index contributed by atoms with van der Waals surface area (Å²) in [5.41, 5.74) is -0.398. The van der Waals surface area contributed by atoms with E-state index in [1.165, 1.54) is 12.0 Å². The Labute approximate surface area is 176 Å². The molecule has 0 bridgehead atoms. The predicted octanol–water partition coefficient (Wildman–Crippen LogP) is 2.16. The van der Waals surface area contributed by atoms with E-state index in [9.17, 15) is 14.7 Å². The fourth-order valence-electron chi connectivity index (χ4n) is 4.06. The first kappa shape index (κ1) is 22.3. The summed E-state index contributed by atoms with van der Waals surface area (Å²) in [5.74, 6) is -1.77. The maximum Gasteiger partial charge on any atom is 0.410 e. The number of aromatic nitrogens is 1. The quantitative estimate of drug-likeness (QED) is 0.586. The van der Waals surface area contributed by atoms with Crippen molar-refractivity contribution in [2.75, 3.05) is 44.8 Å². The zero-order valence-electron chi connectivity index (χ0n) is 17.9. The first-order valence-electron chi connectivity index (χ1n) is 10.2. The molecule has 2 fully saturated rings. The molecule has 0 spiro atoms. The van der Waals surface area contributed by atoms with Gasteiger partial charge in [-0.1, -0.05) is 6.07 Å². The number of likely N-dealkylation sites (tertiary alicyclic amines) is 1. The highest BCUT2D eigenvalue weighted by Crippen LogP contribution is 2.36. The van der Waals surface area contributed by atoms with Gasteiger partial charge in [-0.05, 0) is 33.3 Å². The van der Waals surface area contributed by atoms with E-state index in [1.54, 1.807) is 32.9 Å². The smallest absolute Gasteiger partial charge is 0.410 e. The van der Waals surface area contributed by atoms with Gasteiger partial charge in [0.1, 0.15) is 11.4 Å². The van der Waals surface area contributed by atoms with Gasteiger partial charge in [0, 0.05) is 50.2 Å². The molecule has 1 amide bonds. The lowest BCUT2D eigenvalue weighted by molar-refractivity contribution is -0.145. The third kappa shape index (κ3) is 4.83. The molecule has 0 aromatic carbocycles. The molecule has 0 saturated carbocycles. The van der Waals surface area contributed by atoms with Gasteiger partial charge in [-0.2, -0.15) is 4.39 Å². The third-order valence-corrected chi connectivity index (χ3v) is 5.61. The molecule has 3 heterocycles. The van der Waals surface area contributed by atoms with Gasteiger partial charge < -0.3 is 24.4 Å². The summed E-state index contributed by atoms with van der Waals surface area (Å²) in [6, 6.07) is 3.35. The Balaban J connectivity index is 1.81. The number of carbonyl (C=O) groups is 2. The van der Waals surface area contributed by atoms with Crippen molar-refractivity contribution < 1.29 is 28.6 Å². The van der Waals surface area contributed by atoms with Crippen molar-refractivity contribution in [1.82, 2.24) is 9.88 Å². The number of esters is 1. The normalized spacial score (nSPS) is 24.3. The van der Waals surface area contributed by atoms with Gasteiger partial charge in [-0.25, -0.2) is 9.78 Å². The molecule has 0 radical (unpaired) electrons. The van der Waals surface area contributed by atoms with Gasteiger partial charge in [0.05, 0.1) is 13.0 Å². The Morgan fingerprint density at radius 3 is 2.57 bits per heavy atom. The maximum atomic E-state index is 15.0. The van der Waals surface area contributed by atoms with Crippen molar-refractivity contribution in [2.45, 2.75) is 38.7 Å². The number of aliphatic hydroxyl groups is 1. The van der Waals surface area contributed by atoms with Gasteiger partial charge in [0.25, 0.3) is 0 Å². The van der Waals surface area contributed by atoms with Crippen molar-refractivity contribution in [3.05, 3.63) is 23.6 Å². The van der Waals surface area contributed by atoms with Crippen LogP contribution in [0, 0.1) is 17.8 Å².